The molecule has 21 heavy (non-hydrogen) atoms. The number of halogens is 1. The van der Waals surface area contributed by atoms with Crippen LogP contribution in [-0.2, 0) is 11.3 Å². The number of ether oxygens (including phenoxy) is 1. The third-order valence-corrected chi connectivity index (χ3v) is 3.88. The highest BCUT2D eigenvalue weighted by Crippen LogP contribution is 2.22. The molecule has 0 fully saturated rings. The Morgan fingerprint density at radius 1 is 1.33 bits per heavy atom. The Morgan fingerprint density at radius 2 is 2.05 bits per heavy atom. The number of carbonyl (C=O) groups is 1. The molecule has 1 aromatic carbocycles. The fraction of sp³-hybridized carbons (Fsp3) is 0.562. The second kappa shape index (κ2) is 9.05. The summed E-state index contributed by atoms with van der Waals surface area (Å²) in [7, 11) is 0. The summed E-state index contributed by atoms with van der Waals surface area (Å²) in [6, 6.07) is 6.36. The summed E-state index contributed by atoms with van der Waals surface area (Å²) in [4.78, 5) is 11.7. The van der Waals surface area contributed by atoms with Crippen LogP contribution in [0.2, 0.25) is 0 Å². The number of rotatable bonds is 8. The van der Waals surface area contributed by atoms with E-state index in [0.717, 1.165) is 23.0 Å². The molecule has 5 heteroatoms. The van der Waals surface area contributed by atoms with Crippen molar-refractivity contribution < 1.29 is 9.53 Å². The molecule has 0 aliphatic heterocycles. The van der Waals surface area contributed by atoms with Crippen molar-refractivity contribution >= 4 is 21.8 Å². The smallest absolute Gasteiger partial charge is 0.258 e. The topological polar surface area (TPSA) is 50.4 Å². The molecule has 4 nitrogen and oxygen atoms in total. The van der Waals surface area contributed by atoms with Gasteiger partial charge in [0.05, 0.1) is 0 Å². The standard InChI is InChI=1S/C16H25BrN2O2/c1-5-12(4)19-16(20)10-21-14-6-7-15(17)13(8-14)9-18-11(2)3/h6-8,11-12,18H,5,9-10H2,1-4H3,(H,19,20). The van der Waals surface area contributed by atoms with Gasteiger partial charge in [-0.05, 0) is 37.1 Å². The van der Waals surface area contributed by atoms with E-state index in [2.05, 4.69) is 40.4 Å². The Kier molecular flexibility index (Phi) is 7.75. The van der Waals surface area contributed by atoms with Crippen molar-refractivity contribution in [3.05, 3.63) is 28.2 Å². The van der Waals surface area contributed by atoms with Gasteiger partial charge in [-0.15, -0.1) is 0 Å². The summed E-state index contributed by atoms with van der Waals surface area (Å²) in [5.74, 6) is 0.618. The van der Waals surface area contributed by atoms with Crippen LogP contribution in [0.4, 0.5) is 0 Å². The Balaban J connectivity index is 2.55. The summed E-state index contributed by atoms with van der Waals surface area (Å²) >= 11 is 3.53. The molecule has 0 saturated carbocycles. The lowest BCUT2D eigenvalue weighted by Gasteiger charge is -2.14. The molecular formula is C16H25BrN2O2. The van der Waals surface area contributed by atoms with E-state index < -0.39 is 0 Å². The number of carbonyl (C=O) groups excluding carboxylic acids is 1. The molecule has 1 atom stereocenters. The Hall–Kier alpha value is -1.07. The maximum atomic E-state index is 11.7. The monoisotopic (exact) mass is 356 g/mol. The Morgan fingerprint density at radius 3 is 2.67 bits per heavy atom. The molecule has 0 aromatic heterocycles. The number of amides is 1. The van der Waals surface area contributed by atoms with Crippen LogP contribution in [0.1, 0.15) is 39.7 Å². The first-order chi connectivity index (χ1) is 9.92. The summed E-state index contributed by atoms with van der Waals surface area (Å²) < 4.78 is 6.59. The molecule has 0 spiro atoms. The molecular weight excluding hydrogens is 332 g/mol. The van der Waals surface area contributed by atoms with Gasteiger partial charge in [-0.2, -0.15) is 0 Å². The number of benzene rings is 1. The van der Waals surface area contributed by atoms with Gasteiger partial charge in [0.15, 0.2) is 6.61 Å². The number of hydrogen-bond donors (Lipinski definition) is 2. The van der Waals surface area contributed by atoms with Crippen molar-refractivity contribution in [2.24, 2.45) is 0 Å². The molecule has 1 amide bonds. The van der Waals surface area contributed by atoms with Crippen molar-refractivity contribution in [2.75, 3.05) is 6.61 Å². The summed E-state index contributed by atoms with van der Waals surface area (Å²) in [6.45, 7) is 9.03. The van der Waals surface area contributed by atoms with Gasteiger partial charge in [0.25, 0.3) is 5.91 Å². The molecule has 118 valence electrons. The minimum absolute atomic E-state index is 0.0447. The van der Waals surface area contributed by atoms with Crippen molar-refractivity contribution in [2.45, 2.75) is 52.7 Å². The minimum atomic E-state index is -0.0888. The van der Waals surface area contributed by atoms with Crippen LogP contribution in [0.25, 0.3) is 0 Å². The van der Waals surface area contributed by atoms with Crippen LogP contribution in [0.5, 0.6) is 5.75 Å². The second-order valence-electron chi connectivity index (χ2n) is 5.45. The minimum Gasteiger partial charge on any atom is -0.484 e. The lowest BCUT2D eigenvalue weighted by Crippen LogP contribution is -2.35. The first kappa shape index (κ1) is 18.0. The van der Waals surface area contributed by atoms with Gasteiger partial charge < -0.3 is 15.4 Å². The Labute approximate surface area is 135 Å². The van der Waals surface area contributed by atoms with Crippen LogP contribution in [0.15, 0.2) is 22.7 Å². The summed E-state index contributed by atoms with van der Waals surface area (Å²) in [6.07, 6.45) is 0.912. The van der Waals surface area contributed by atoms with Crippen molar-refractivity contribution in [1.82, 2.24) is 10.6 Å². The zero-order valence-corrected chi connectivity index (χ0v) is 14.8. The van der Waals surface area contributed by atoms with E-state index in [1.165, 1.54) is 0 Å². The molecule has 2 N–H and O–H groups in total. The van der Waals surface area contributed by atoms with Gasteiger partial charge in [-0.3, -0.25) is 4.79 Å². The van der Waals surface area contributed by atoms with Crippen molar-refractivity contribution in [3.63, 3.8) is 0 Å². The fourth-order valence-electron chi connectivity index (χ4n) is 1.66. The third kappa shape index (κ3) is 6.96. The summed E-state index contributed by atoms with van der Waals surface area (Å²) in [5, 5.41) is 6.24. The predicted octanol–water partition coefficient (Wildman–Crippen LogP) is 3.24. The van der Waals surface area contributed by atoms with Crippen LogP contribution in [0.3, 0.4) is 0 Å². The van der Waals surface area contributed by atoms with E-state index in [1.807, 2.05) is 32.0 Å². The van der Waals surface area contributed by atoms with E-state index in [1.54, 1.807) is 0 Å². The molecule has 0 heterocycles. The van der Waals surface area contributed by atoms with Crippen LogP contribution < -0.4 is 15.4 Å². The maximum Gasteiger partial charge on any atom is 0.258 e. The Bertz CT molecular complexity index is 464. The molecule has 0 saturated heterocycles. The summed E-state index contributed by atoms with van der Waals surface area (Å²) in [5.41, 5.74) is 1.11. The van der Waals surface area contributed by atoms with E-state index in [9.17, 15) is 4.79 Å². The van der Waals surface area contributed by atoms with Gasteiger partial charge in [0.2, 0.25) is 0 Å². The lowest BCUT2D eigenvalue weighted by molar-refractivity contribution is -0.123. The molecule has 1 unspecified atom stereocenters. The largest absolute Gasteiger partial charge is 0.484 e. The molecule has 0 aliphatic carbocycles. The molecule has 0 radical (unpaired) electrons. The van der Waals surface area contributed by atoms with E-state index in [4.69, 9.17) is 4.74 Å². The normalized spacial score (nSPS) is 12.3. The molecule has 0 bridgehead atoms. The maximum absolute atomic E-state index is 11.7. The highest BCUT2D eigenvalue weighted by Gasteiger charge is 2.08. The first-order valence-corrected chi connectivity index (χ1v) is 8.15. The van der Waals surface area contributed by atoms with E-state index in [0.29, 0.717) is 11.8 Å². The average molecular weight is 357 g/mol. The van der Waals surface area contributed by atoms with Crippen LogP contribution in [0, 0.1) is 0 Å². The number of nitrogens with one attached hydrogen (secondary N) is 2. The van der Waals surface area contributed by atoms with Gasteiger partial charge in [-0.25, -0.2) is 0 Å². The quantitative estimate of drug-likeness (QED) is 0.751. The van der Waals surface area contributed by atoms with E-state index >= 15 is 0 Å². The van der Waals surface area contributed by atoms with Crippen molar-refractivity contribution in [1.29, 1.82) is 0 Å². The highest BCUT2D eigenvalue weighted by molar-refractivity contribution is 9.10. The number of hydrogen-bond acceptors (Lipinski definition) is 3. The van der Waals surface area contributed by atoms with Gasteiger partial charge in [0.1, 0.15) is 5.75 Å². The second-order valence-corrected chi connectivity index (χ2v) is 6.31. The first-order valence-electron chi connectivity index (χ1n) is 7.36. The highest BCUT2D eigenvalue weighted by atomic mass is 79.9. The average Bonchev–Trinajstić information content (AvgIpc) is 2.44. The molecule has 1 rings (SSSR count). The molecule has 1 aromatic rings. The fourth-order valence-corrected chi connectivity index (χ4v) is 2.04. The zero-order chi connectivity index (χ0) is 15.8. The van der Waals surface area contributed by atoms with Crippen LogP contribution in [-0.4, -0.2) is 24.6 Å². The zero-order valence-electron chi connectivity index (χ0n) is 13.2. The van der Waals surface area contributed by atoms with Crippen molar-refractivity contribution in [3.8, 4) is 5.75 Å². The van der Waals surface area contributed by atoms with Gasteiger partial charge in [-0.1, -0.05) is 36.7 Å². The van der Waals surface area contributed by atoms with Crippen LogP contribution >= 0.6 is 15.9 Å². The lowest BCUT2D eigenvalue weighted by atomic mass is 10.2. The van der Waals surface area contributed by atoms with Gasteiger partial charge >= 0.3 is 0 Å². The SMILES string of the molecule is CCC(C)NC(=O)COc1ccc(Br)c(CNC(C)C)c1. The third-order valence-electron chi connectivity index (χ3n) is 3.11. The predicted molar refractivity (Wildman–Crippen MR) is 89.5 cm³/mol. The molecule has 0 aliphatic rings. The van der Waals surface area contributed by atoms with Gasteiger partial charge in [0, 0.05) is 23.1 Å². The van der Waals surface area contributed by atoms with E-state index in [-0.39, 0.29) is 18.6 Å².